The number of likely N-dealkylation sites (tertiary alicyclic amines) is 1. The number of nitrogens with zero attached hydrogens (tertiary/aromatic N) is 3. The number of rotatable bonds is 3. The first-order chi connectivity index (χ1) is 9.12. The van der Waals surface area contributed by atoms with E-state index in [1.807, 2.05) is 6.92 Å². The van der Waals surface area contributed by atoms with E-state index >= 15 is 0 Å². The second-order valence-electron chi connectivity index (χ2n) is 5.30. The highest BCUT2D eigenvalue weighted by atomic mass is 16.5. The number of hydrogen-bond acceptors (Lipinski definition) is 6. The minimum absolute atomic E-state index is 0.462. The van der Waals surface area contributed by atoms with Gasteiger partial charge < -0.3 is 14.0 Å². The molecule has 0 saturated carbocycles. The molecule has 0 amide bonds. The lowest BCUT2D eigenvalue weighted by Gasteiger charge is -2.35. The van der Waals surface area contributed by atoms with E-state index in [0.717, 1.165) is 19.4 Å². The van der Waals surface area contributed by atoms with Gasteiger partial charge in [-0.1, -0.05) is 5.16 Å². The lowest BCUT2D eigenvalue weighted by Crippen LogP contribution is -2.45. The van der Waals surface area contributed by atoms with Crippen LogP contribution in [-0.2, 0) is 6.54 Å². The largest absolute Gasteiger partial charge is 0.461 e. The third-order valence-corrected chi connectivity index (χ3v) is 3.32. The Labute approximate surface area is 111 Å². The molecule has 1 unspecified atom stereocenters. The number of aliphatic hydroxyl groups is 1. The van der Waals surface area contributed by atoms with Gasteiger partial charge in [0.2, 0.25) is 11.7 Å². The zero-order chi connectivity index (χ0) is 13.3. The predicted molar refractivity (Wildman–Crippen MR) is 67.1 cm³/mol. The van der Waals surface area contributed by atoms with Gasteiger partial charge in [-0.2, -0.15) is 4.98 Å². The second-order valence-corrected chi connectivity index (χ2v) is 5.30. The SMILES string of the molecule is CC1(O)CCCN(Cc2nc(-c3ccco3)no2)C1. The molecule has 0 spiro atoms. The van der Waals surface area contributed by atoms with Crippen molar-refractivity contribution in [2.24, 2.45) is 0 Å². The first kappa shape index (κ1) is 12.4. The van der Waals surface area contributed by atoms with E-state index < -0.39 is 5.60 Å². The summed E-state index contributed by atoms with van der Waals surface area (Å²) in [5.74, 6) is 1.61. The van der Waals surface area contributed by atoms with Crippen LogP contribution >= 0.6 is 0 Å². The Bertz CT molecular complexity index is 533. The summed E-state index contributed by atoms with van der Waals surface area (Å²) >= 11 is 0. The minimum Gasteiger partial charge on any atom is -0.461 e. The van der Waals surface area contributed by atoms with E-state index in [0.29, 0.717) is 30.6 Å². The van der Waals surface area contributed by atoms with E-state index in [2.05, 4.69) is 15.0 Å². The average Bonchev–Trinajstić information content (AvgIpc) is 2.96. The summed E-state index contributed by atoms with van der Waals surface area (Å²) in [4.78, 5) is 6.43. The van der Waals surface area contributed by atoms with E-state index in [-0.39, 0.29) is 0 Å². The van der Waals surface area contributed by atoms with Crippen molar-refractivity contribution in [3.05, 3.63) is 24.3 Å². The first-order valence-corrected chi connectivity index (χ1v) is 6.44. The molecule has 0 bridgehead atoms. The monoisotopic (exact) mass is 263 g/mol. The molecule has 102 valence electrons. The molecule has 1 saturated heterocycles. The lowest BCUT2D eigenvalue weighted by atomic mass is 9.95. The van der Waals surface area contributed by atoms with Crippen LogP contribution in [0.2, 0.25) is 0 Å². The molecule has 6 heteroatoms. The molecule has 19 heavy (non-hydrogen) atoms. The van der Waals surface area contributed by atoms with Crippen LogP contribution in [0.5, 0.6) is 0 Å². The van der Waals surface area contributed by atoms with E-state index in [1.54, 1.807) is 18.4 Å². The fourth-order valence-corrected chi connectivity index (χ4v) is 2.47. The molecular weight excluding hydrogens is 246 g/mol. The average molecular weight is 263 g/mol. The molecule has 6 nitrogen and oxygen atoms in total. The molecular formula is C13H17N3O3. The predicted octanol–water partition coefficient (Wildman–Crippen LogP) is 1.68. The highest BCUT2D eigenvalue weighted by molar-refractivity contribution is 5.44. The molecule has 1 aliphatic heterocycles. The Morgan fingerprint density at radius 2 is 2.42 bits per heavy atom. The molecule has 1 N–H and O–H groups in total. The van der Waals surface area contributed by atoms with Crippen molar-refractivity contribution in [1.82, 2.24) is 15.0 Å². The maximum atomic E-state index is 10.1. The van der Waals surface area contributed by atoms with Crippen molar-refractivity contribution >= 4 is 0 Å². The lowest BCUT2D eigenvalue weighted by molar-refractivity contribution is -0.0207. The number of hydrogen-bond donors (Lipinski definition) is 1. The number of β-amino-alcohol motifs (C(OH)–C–C–N with tert-alkyl or cyclic N) is 1. The smallest absolute Gasteiger partial charge is 0.241 e. The second kappa shape index (κ2) is 4.79. The summed E-state index contributed by atoms with van der Waals surface area (Å²) in [6.45, 7) is 3.99. The van der Waals surface area contributed by atoms with E-state index in [9.17, 15) is 5.11 Å². The van der Waals surface area contributed by atoms with Gasteiger partial charge in [0.25, 0.3) is 0 Å². The molecule has 3 heterocycles. The van der Waals surface area contributed by atoms with Crippen LogP contribution in [0.1, 0.15) is 25.7 Å². The van der Waals surface area contributed by atoms with Gasteiger partial charge >= 0.3 is 0 Å². The fraction of sp³-hybridized carbons (Fsp3) is 0.538. The van der Waals surface area contributed by atoms with Gasteiger partial charge in [-0.25, -0.2) is 0 Å². The summed E-state index contributed by atoms with van der Waals surface area (Å²) in [7, 11) is 0. The molecule has 0 aromatic carbocycles. The molecule has 1 atom stereocenters. The van der Waals surface area contributed by atoms with Crippen molar-refractivity contribution in [2.75, 3.05) is 13.1 Å². The van der Waals surface area contributed by atoms with E-state index in [4.69, 9.17) is 8.94 Å². The van der Waals surface area contributed by atoms with Crippen molar-refractivity contribution in [1.29, 1.82) is 0 Å². The highest BCUT2D eigenvalue weighted by Gasteiger charge is 2.29. The Morgan fingerprint density at radius 3 is 3.16 bits per heavy atom. The van der Waals surface area contributed by atoms with Gasteiger partial charge in [-0.05, 0) is 38.4 Å². The van der Waals surface area contributed by atoms with Crippen molar-refractivity contribution in [3.8, 4) is 11.6 Å². The van der Waals surface area contributed by atoms with Gasteiger partial charge in [-0.15, -0.1) is 0 Å². The molecule has 2 aromatic heterocycles. The normalized spacial score (nSPS) is 24.7. The topological polar surface area (TPSA) is 75.5 Å². The van der Waals surface area contributed by atoms with Crippen LogP contribution in [0.25, 0.3) is 11.6 Å². The summed E-state index contributed by atoms with van der Waals surface area (Å²) < 4.78 is 10.4. The van der Waals surface area contributed by atoms with Gasteiger partial charge in [0.1, 0.15) is 0 Å². The van der Waals surface area contributed by atoms with Crippen LogP contribution in [0.4, 0.5) is 0 Å². The zero-order valence-corrected chi connectivity index (χ0v) is 10.9. The molecule has 1 fully saturated rings. The van der Waals surface area contributed by atoms with Gasteiger partial charge in [0.15, 0.2) is 5.76 Å². The Hall–Kier alpha value is -1.66. The molecule has 0 radical (unpaired) electrons. The molecule has 1 aliphatic rings. The van der Waals surface area contributed by atoms with Crippen LogP contribution in [0.15, 0.2) is 27.3 Å². The zero-order valence-electron chi connectivity index (χ0n) is 10.9. The standard InChI is InChI=1S/C13H17N3O3/c1-13(17)5-3-6-16(9-13)8-11-14-12(15-19-11)10-4-2-7-18-10/h2,4,7,17H,3,5-6,8-9H2,1H3. The van der Waals surface area contributed by atoms with Crippen molar-refractivity contribution in [2.45, 2.75) is 31.9 Å². The summed E-state index contributed by atoms with van der Waals surface area (Å²) in [6.07, 6.45) is 3.39. The van der Waals surface area contributed by atoms with Crippen LogP contribution < -0.4 is 0 Å². The van der Waals surface area contributed by atoms with Gasteiger partial charge in [-0.3, -0.25) is 4.90 Å². The molecule has 0 aliphatic carbocycles. The maximum Gasteiger partial charge on any atom is 0.241 e. The van der Waals surface area contributed by atoms with Crippen molar-refractivity contribution < 1.29 is 14.0 Å². The van der Waals surface area contributed by atoms with Crippen LogP contribution in [0, 0.1) is 0 Å². The quantitative estimate of drug-likeness (QED) is 0.908. The van der Waals surface area contributed by atoms with Crippen molar-refractivity contribution in [3.63, 3.8) is 0 Å². The van der Waals surface area contributed by atoms with Crippen LogP contribution in [-0.4, -0.2) is 38.8 Å². The Kier molecular flexibility index (Phi) is 3.12. The van der Waals surface area contributed by atoms with Gasteiger partial charge in [0.05, 0.1) is 18.4 Å². The minimum atomic E-state index is -0.623. The molecule has 3 rings (SSSR count). The number of aromatic nitrogens is 2. The maximum absolute atomic E-state index is 10.1. The Balaban J connectivity index is 1.67. The first-order valence-electron chi connectivity index (χ1n) is 6.44. The highest BCUT2D eigenvalue weighted by Crippen LogP contribution is 2.22. The molecule has 2 aromatic rings. The fourth-order valence-electron chi connectivity index (χ4n) is 2.47. The van der Waals surface area contributed by atoms with E-state index in [1.165, 1.54) is 0 Å². The summed E-state index contributed by atoms with van der Waals surface area (Å²) in [6, 6.07) is 3.58. The third-order valence-electron chi connectivity index (χ3n) is 3.32. The third kappa shape index (κ3) is 2.85. The summed E-state index contributed by atoms with van der Waals surface area (Å²) in [5.41, 5.74) is -0.623. The summed E-state index contributed by atoms with van der Waals surface area (Å²) in [5, 5.41) is 13.9. The van der Waals surface area contributed by atoms with Gasteiger partial charge in [0, 0.05) is 6.54 Å². The van der Waals surface area contributed by atoms with Crippen LogP contribution in [0.3, 0.4) is 0 Å². The number of piperidine rings is 1. The Morgan fingerprint density at radius 1 is 1.53 bits per heavy atom. The number of furan rings is 1.